The molecule has 0 unspecified atom stereocenters. The molecule has 160 valence electrons. The summed E-state index contributed by atoms with van der Waals surface area (Å²) in [6, 6.07) is 5.26. The van der Waals surface area contributed by atoms with Crippen molar-refractivity contribution in [2.75, 3.05) is 13.7 Å². The Morgan fingerprint density at radius 2 is 2.03 bits per heavy atom. The summed E-state index contributed by atoms with van der Waals surface area (Å²) in [6.45, 7) is 4.30. The number of methoxy groups -OCH3 is 1. The van der Waals surface area contributed by atoms with Gasteiger partial charge in [-0.05, 0) is 30.9 Å². The Bertz CT molecular complexity index is 924. The van der Waals surface area contributed by atoms with Crippen LogP contribution in [0, 0.1) is 16.0 Å². The van der Waals surface area contributed by atoms with Crippen molar-refractivity contribution in [1.82, 2.24) is 20.2 Å². The number of hydrogen-bond donors (Lipinski definition) is 2. The van der Waals surface area contributed by atoms with Crippen LogP contribution < -0.4 is 5.32 Å². The number of nitro benzene ring substituents is 1. The molecule has 1 fully saturated rings. The summed E-state index contributed by atoms with van der Waals surface area (Å²) in [5.74, 6) is 0.367. The van der Waals surface area contributed by atoms with Crippen molar-refractivity contribution in [2.24, 2.45) is 5.92 Å². The first-order valence-corrected chi connectivity index (χ1v) is 9.76. The first kappa shape index (κ1) is 21.3. The molecule has 2 N–H and O–H groups in total. The second-order valence-electron chi connectivity index (χ2n) is 7.53. The number of ether oxygens (including phenoxy) is 1. The van der Waals surface area contributed by atoms with Crippen LogP contribution in [0.1, 0.15) is 38.6 Å². The fourth-order valence-electron chi connectivity index (χ4n) is 3.61. The lowest BCUT2D eigenvalue weighted by molar-refractivity contribution is -0.384. The number of carbonyl (C=O) groups is 2. The lowest BCUT2D eigenvalue weighted by Gasteiger charge is -2.30. The number of nitrogens with zero attached hydrogens (tertiary/aromatic N) is 3. The minimum atomic E-state index is -0.692. The number of benzene rings is 1. The van der Waals surface area contributed by atoms with Gasteiger partial charge in [-0.25, -0.2) is 9.78 Å². The van der Waals surface area contributed by atoms with E-state index in [1.807, 2.05) is 13.8 Å². The molecule has 2 amide bonds. The van der Waals surface area contributed by atoms with E-state index in [0.717, 1.165) is 18.4 Å². The molecule has 1 aliphatic rings. The van der Waals surface area contributed by atoms with Gasteiger partial charge >= 0.3 is 6.09 Å². The second kappa shape index (κ2) is 8.93. The number of nitrogens with one attached hydrogen (secondary N) is 2. The van der Waals surface area contributed by atoms with Crippen LogP contribution in [0.3, 0.4) is 0 Å². The van der Waals surface area contributed by atoms with E-state index in [0.29, 0.717) is 18.1 Å². The Labute approximate surface area is 173 Å². The van der Waals surface area contributed by atoms with Crippen LogP contribution in [0.4, 0.5) is 10.5 Å². The van der Waals surface area contributed by atoms with Crippen LogP contribution in [0.25, 0.3) is 11.3 Å². The van der Waals surface area contributed by atoms with Crippen LogP contribution in [0.2, 0.25) is 0 Å². The van der Waals surface area contributed by atoms with Gasteiger partial charge in [0.1, 0.15) is 11.9 Å². The van der Waals surface area contributed by atoms with Crippen molar-refractivity contribution in [1.29, 1.82) is 0 Å². The first-order chi connectivity index (χ1) is 14.3. The minimum Gasteiger partial charge on any atom is -0.453 e. The molecule has 0 radical (unpaired) electrons. The summed E-state index contributed by atoms with van der Waals surface area (Å²) in [5.41, 5.74) is 1.50. The smallest absolute Gasteiger partial charge is 0.407 e. The molecule has 10 heteroatoms. The van der Waals surface area contributed by atoms with Crippen molar-refractivity contribution in [3.63, 3.8) is 0 Å². The number of carbonyl (C=O) groups excluding carboxylic acids is 2. The number of imidazole rings is 1. The maximum Gasteiger partial charge on any atom is 0.407 e. The number of H-pyrrole nitrogens is 1. The molecular formula is C20H25N5O5. The largest absolute Gasteiger partial charge is 0.453 e. The molecule has 2 heterocycles. The molecule has 0 saturated carbocycles. The molecule has 1 aromatic heterocycles. The normalized spacial score (nSPS) is 17.1. The highest BCUT2D eigenvalue weighted by molar-refractivity contribution is 5.86. The van der Waals surface area contributed by atoms with Crippen molar-refractivity contribution in [2.45, 2.75) is 38.8 Å². The summed E-state index contributed by atoms with van der Waals surface area (Å²) in [4.78, 5) is 44.6. The van der Waals surface area contributed by atoms with E-state index in [-0.39, 0.29) is 23.6 Å². The van der Waals surface area contributed by atoms with Crippen molar-refractivity contribution < 1.29 is 19.2 Å². The van der Waals surface area contributed by atoms with E-state index in [1.165, 1.54) is 19.2 Å². The van der Waals surface area contributed by atoms with E-state index < -0.39 is 17.1 Å². The van der Waals surface area contributed by atoms with Gasteiger partial charge in [-0.1, -0.05) is 13.8 Å². The lowest BCUT2D eigenvalue weighted by atomic mass is 10.0. The number of aromatic nitrogens is 2. The molecule has 0 bridgehead atoms. The molecule has 10 nitrogen and oxygen atoms in total. The molecule has 1 saturated heterocycles. The van der Waals surface area contributed by atoms with E-state index in [9.17, 15) is 19.7 Å². The van der Waals surface area contributed by atoms with E-state index >= 15 is 0 Å². The average molecular weight is 415 g/mol. The highest BCUT2D eigenvalue weighted by Gasteiger charge is 2.37. The minimum absolute atomic E-state index is 0.0175. The number of nitro groups is 1. The Kier molecular flexibility index (Phi) is 6.34. The van der Waals surface area contributed by atoms with Gasteiger partial charge in [-0.15, -0.1) is 0 Å². The third-order valence-electron chi connectivity index (χ3n) is 5.23. The molecule has 1 aliphatic heterocycles. The van der Waals surface area contributed by atoms with Crippen LogP contribution in [-0.4, -0.2) is 51.5 Å². The predicted octanol–water partition coefficient (Wildman–Crippen LogP) is 3.03. The quantitative estimate of drug-likeness (QED) is 0.551. The topological polar surface area (TPSA) is 130 Å². The number of alkyl carbamates (subject to hydrolysis) is 1. The number of non-ortho nitro benzene ring substituents is 1. The van der Waals surface area contributed by atoms with Crippen LogP contribution in [-0.2, 0) is 9.53 Å². The zero-order valence-electron chi connectivity index (χ0n) is 17.1. The van der Waals surface area contributed by atoms with Crippen molar-refractivity contribution in [3.8, 4) is 11.3 Å². The van der Waals surface area contributed by atoms with E-state index in [1.54, 1.807) is 23.2 Å². The number of hydrogen-bond acceptors (Lipinski definition) is 6. The SMILES string of the molecule is COC(=O)N[C@H](C(=O)N1CCC[C@@H]1c1ncc(-c2ccc([N+](=O)[O-])cc2)[nH]1)C(C)C. The van der Waals surface area contributed by atoms with Gasteiger partial charge in [0.25, 0.3) is 5.69 Å². The number of amides is 2. The van der Waals surface area contributed by atoms with Gasteiger partial charge in [-0.2, -0.15) is 0 Å². The molecule has 3 rings (SSSR count). The maximum atomic E-state index is 13.2. The first-order valence-electron chi connectivity index (χ1n) is 9.76. The Balaban J connectivity index is 1.79. The van der Waals surface area contributed by atoms with Crippen molar-refractivity contribution in [3.05, 3.63) is 46.4 Å². The lowest BCUT2D eigenvalue weighted by Crippen LogP contribution is -2.51. The third kappa shape index (κ3) is 4.42. The summed E-state index contributed by atoms with van der Waals surface area (Å²) in [5, 5.41) is 13.5. The summed E-state index contributed by atoms with van der Waals surface area (Å²) in [7, 11) is 1.26. The molecule has 2 atom stereocenters. The van der Waals surface area contributed by atoms with Gasteiger partial charge in [0.2, 0.25) is 5.91 Å². The summed E-state index contributed by atoms with van der Waals surface area (Å²) in [6.07, 6.45) is 2.59. The molecule has 1 aromatic carbocycles. The van der Waals surface area contributed by atoms with Gasteiger partial charge in [0, 0.05) is 24.2 Å². The second-order valence-corrected chi connectivity index (χ2v) is 7.53. The van der Waals surface area contributed by atoms with Gasteiger partial charge in [-0.3, -0.25) is 14.9 Å². The third-order valence-corrected chi connectivity index (χ3v) is 5.23. The standard InChI is InChI=1S/C20H25N5O5/c1-12(2)17(23-20(27)30-3)19(26)24-10-4-5-16(24)18-21-11-15(22-18)13-6-8-14(9-7-13)25(28)29/h6-9,11-12,16-17H,4-5,10H2,1-3H3,(H,21,22)(H,23,27)/t16-,17+/m1/s1. The fourth-order valence-corrected chi connectivity index (χ4v) is 3.61. The monoisotopic (exact) mass is 415 g/mol. The molecule has 30 heavy (non-hydrogen) atoms. The zero-order chi connectivity index (χ0) is 21.8. The van der Waals surface area contributed by atoms with Crippen LogP contribution >= 0.6 is 0 Å². The maximum absolute atomic E-state index is 13.2. The highest BCUT2D eigenvalue weighted by Crippen LogP contribution is 2.32. The average Bonchev–Trinajstić information content (AvgIpc) is 3.40. The van der Waals surface area contributed by atoms with Gasteiger partial charge in [0.05, 0.1) is 30.0 Å². The predicted molar refractivity (Wildman–Crippen MR) is 109 cm³/mol. The number of rotatable bonds is 6. The van der Waals surface area contributed by atoms with Crippen LogP contribution in [0.5, 0.6) is 0 Å². The van der Waals surface area contributed by atoms with Gasteiger partial charge < -0.3 is 19.9 Å². The summed E-state index contributed by atoms with van der Waals surface area (Å²) >= 11 is 0. The van der Waals surface area contributed by atoms with E-state index in [4.69, 9.17) is 0 Å². The Morgan fingerprint density at radius 3 is 2.63 bits per heavy atom. The molecule has 2 aromatic rings. The Morgan fingerprint density at radius 1 is 1.33 bits per heavy atom. The fraction of sp³-hybridized carbons (Fsp3) is 0.450. The number of likely N-dealkylation sites (tertiary alicyclic amines) is 1. The van der Waals surface area contributed by atoms with Crippen molar-refractivity contribution >= 4 is 17.7 Å². The molecule has 0 spiro atoms. The van der Waals surface area contributed by atoms with Crippen LogP contribution in [0.15, 0.2) is 30.5 Å². The highest BCUT2D eigenvalue weighted by atomic mass is 16.6. The molecule has 0 aliphatic carbocycles. The summed E-state index contributed by atoms with van der Waals surface area (Å²) < 4.78 is 4.65. The van der Waals surface area contributed by atoms with Gasteiger partial charge in [0.15, 0.2) is 0 Å². The van der Waals surface area contributed by atoms with E-state index in [2.05, 4.69) is 20.0 Å². The Hall–Kier alpha value is -3.43. The zero-order valence-corrected chi connectivity index (χ0v) is 17.1. The molecular weight excluding hydrogens is 390 g/mol. The number of aromatic amines is 1.